The molecule has 2 aliphatic rings. The normalized spacial score (nSPS) is 20.9. The van der Waals surface area contributed by atoms with Crippen molar-refractivity contribution in [1.82, 2.24) is 15.1 Å². The third kappa shape index (κ3) is 3.67. The van der Waals surface area contributed by atoms with Gasteiger partial charge in [0, 0.05) is 13.1 Å². The molecule has 6 nitrogen and oxygen atoms in total. The summed E-state index contributed by atoms with van der Waals surface area (Å²) in [4.78, 5) is 14.3. The predicted octanol–water partition coefficient (Wildman–Crippen LogP) is 2.10. The number of halogens is 1. The van der Waals surface area contributed by atoms with Crippen LogP contribution in [-0.2, 0) is 9.53 Å². The summed E-state index contributed by atoms with van der Waals surface area (Å²) >= 11 is 5.69. The fraction of sp³-hybridized carbons (Fsp3) is 0.667. The van der Waals surface area contributed by atoms with Gasteiger partial charge in [0.05, 0.1) is 18.8 Å². The highest BCUT2D eigenvalue weighted by Gasteiger charge is 2.38. The van der Waals surface area contributed by atoms with Gasteiger partial charge in [-0.15, -0.1) is 10.2 Å². The van der Waals surface area contributed by atoms with Crippen molar-refractivity contribution in [3.8, 4) is 0 Å². The first-order valence-electron chi connectivity index (χ1n) is 7.82. The van der Waals surface area contributed by atoms with Crippen LogP contribution in [0.4, 0.5) is 5.82 Å². The number of hydrogen-bond acceptors (Lipinski definition) is 5. The van der Waals surface area contributed by atoms with Gasteiger partial charge in [-0.25, -0.2) is 0 Å². The van der Waals surface area contributed by atoms with E-state index in [2.05, 4.69) is 15.5 Å². The fourth-order valence-electron chi connectivity index (χ4n) is 3.24. The summed E-state index contributed by atoms with van der Waals surface area (Å²) in [5.74, 6) is 0.628. The van der Waals surface area contributed by atoms with Crippen molar-refractivity contribution in [2.24, 2.45) is 0 Å². The summed E-state index contributed by atoms with van der Waals surface area (Å²) < 4.78 is 6.01. The number of anilines is 1. The Labute approximate surface area is 135 Å². The molecule has 1 aliphatic heterocycles. The van der Waals surface area contributed by atoms with E-state index < -0.39 is 0 Å². The molecule has 1 aromatic rings. The third-order valence-corrected chi connectivity index (χ3v) is 4.62. The SMILES string of the molecule is O=C(CNc1ccc(Cl)nn1)N1CCOC2(CCCCC2)C1. The van der Waals surface area contributed by atoms with E-state index in [0.29, 0.717) is 30.7 Å². The highest BCUT2D eigenvalue weighted by molar-refractivity contribution is 6.29. The molecule has 0 atom stereocenters. The molecule has 0 aromatic carbocycles. The molecule has 1 spiro atoms. The van der Waals surface area contributed by atoms with Crippen LogP contribution in [0.1, 0.15) is 32.1 Å². The summed E-state index contributed by atoms with van der Waals surface area (Å²) in [5, 5.41) is 11.0. The average molecular weight is 325 g/mol. The Bertz CT molecular complexity index is 511. The lowest BCUT2D eigenvalue weighted by atomic mass is 9.83. The van der Waals surface area contributed by atoms with Crippen molar-refractivity contribution in [3.05, 3.63) is 17.3 Å². The van der Waals surface area contributed by atoms with Crippen LogP contribution in [0.25, 0.3) is 0 Å². The molecule has 1 amide bonds. The van der Waals surface area contributed by atoms with Gasteiger partial charge in [-0.1, -0.05) is 30.9 Å². The Morgan fingerprint density at radius 2 is 2.14 bits per heavy atom. The largest absolute Gasteiger partial charge is 0.371 e. The number of morpholine rings is 1. The van der Waals surface area contributed by atoms with E-state index in [0.717, 1.165) is 12.8 Å². The van der Waals surface area contributed by atoms with E-state index in [9.17, 15) is 4.79 Å². The number of nitrogens with zero attached hydrogens (tertiary/aromatic N) is 3. The van der Waals surface area contributed by atoms with Crippen molar-refractivity contribution in [2.75, 3.05) is 31.6 Å². The predicted molar refractivity (Wildman–Crippen MR) is 83.9 cm³/mol. The first-order chi connectivity index (χ1) is 10.7. The van der Waals surface area contributed by atoms with Gasteiger partial charge in [0.15, 0.2) is 5.15 Å². The van der Waals surface area contributed by atoms with Crippen LogP contribution in [0, 0.1) is 0 Å². The number of rotatable bonds is 3. The van der Waals surface area contributed by atoms with Gasteiger partial charge < -0.3 is 15.0 Å². The Hall–Kier alpha value is -1.40. The molecule has 1 aromatic heterocycles. The van der Waals surface area contributed by atoms with E-state index in [-0.39, 0.29) is 18.1 Å². The highest BCUT2D eigenvalue weighted by atomic mass is 35.5. The molecule has 7 heteroatoms. The van der Waals surface area contributed by atoms with E-state index in [4.69, 9.17) is 16.3 Å². The Balaban J connectivity index is 1.54. The minimum atomic E-state index is -0.105. The smallest absolute Gasteiger partial charge is 0.242 e. The maximum absolute atomic E-state index is 12.4. The summed E-state index contributed by atoms with van der Waals surface area (Å²) in [6, 6.07) is 3.36. The zero-order chi connectivity index (χ0) is 15.4. The van der Waals surface area contributed by atoms with Crippen molar-refractivity contribution < 1.29 is 9.53 Å². The summed E-state index contributed by atoms with van der Waals surface area (Å²) in [5.41, 5.74) is -0.105. The molecular weight excluding hydrogens is 304 g/mol. The molecule has 3 rings (SSSR count). The first-order valence-corrected chi connectivity index (χ1v) is 8.20. The quantitative estimate of drug-likeness (QED) is 0.922. The molecule has 120 valence electrons. The third-order valence-electron chi connectivity index (χ3n) is 4.42. The Morgan fingerprint density at radius 3 is 2.86 bits per heavy atom. The van der Waals surface area contributed by atoms with Gasteiger partial charge in [0.2, 0.25) is 5.91 Å². The van der Waals surface area contributed by atoms with Gasteiger partial charge >= 0.3 is 0 Å². The van der Waals surface area contributed by atoms with Gasteiger partial charge in [0.1, 0.15) is 5.82 Å². The Kier molecular flexibility index (Phi) is 4.78. The van der Waals surface area contributed by atoms with Gasteiger partial charge in [-0.3, -0.25) is 4.79 Å². The van der Waals surface area contributed by atoms with Gasteiger partial charge in [-0.05, 0) is 25.0 Å². The van der Waals surface area contributed by atoms with Crippen molar-refractivity contribution >= 4 is 23.3 Å². The summed E-state index contributed by atoms with van der Waals surface area (Å²) in [6.07, 6.45) is 5.79. The highest BCUT2D eigenvalue weighted by Crippen LogP contribution is 2.34. The second kappa shape index (κ2) is 6.79. The lowest BCUT2D eigenvalue weighted by molar-refractivity contribution is -0.154. The lowest BCUT2D eigenvalue weighted by Gasteiger charge is -2.45. The summed E-state index contributed by atoms with van der Waals surface area (Å²) in [7, 11) is 0. The molecule has 1 N–H and O–H groups in total. The van der Waals surface area contributed by atoms with Crippen molar-refractivity contribution in [2.45, 2.75) is 37.7 Å². The molecule has 1 aliphatic carbocycles. The summed E-state index contributed by atoms with van der Waals surface area (Å²) in [6.45, 7) is 2.22. The number of nitrogens with one attached hydrogen (secondary N) is 1. The second-order valence-corrected chi connectivity index (χ2v) is 6.39. The van der Waals surface area contributed by atoms with Crippen LogP contribution < -0.4 is 5.32 Å². The molecular formula is C15H21ClN4O2. The van der Waals surface area contributed by atoms with Crippen molar-refractivity contribution in [1.29, 1.82) is 0 Å². The number of ether oxygens (including phenoxy) is 1. The molecule has 22 heavy (non-hydrogen) atoms. The van der Waals surface area contributed by atoms with E-state index in [1.165, 1.54) is 19.3 Å². The van der Waals surface area contributed by atoms with Crippen LogP contribution >= 0.6 is 11.6 Å². The van der Waals surface area contributed by atoms with E-state index in [1.807, 2.05) is 4.90 Å². The molecule has 1 saturated carbocycles. The monoisotopic (exact) mass is 324 g/mol. The van der Waals surface area contributed by atoms with E-state index in [1.54, 1.807) is 12.1 Å². The number of aromatic nitrogens is 2. The topological polar surface area (TPSA) is 67.4 Å². The Morgan fingerprint density at radius 1 is 1.32 bits per heavy atom. The molecule has 1 saturated heterocycles. The minimum Gasteiger partial charge on any atom is -0.371 e. The lowest BCUT2D eigenvalue weighted by Crippen LogP contribution is -2.55. The molecule has 2 fully saturated rings. The first kappa shape index (κ1) is 15.5. The maximum atomic E-state index is 12.4. The van der Waals surface area contributed by atoms with Gasteiger partial charge in [-0.2, -0.15) is 0 Å². The van der Waals surface area contributed by atoms with Crippen LogP contribution in [0.3, 0.4) is 0 Å². The fourth-order valence-corrected chi connectivity index (χ4v) is 3.35. The maximum Gasteiger partial charge on any atom is 0.242 e. The number of amides is 1. The van der Waals surface area contributed by atoms with Crippen LogP contribution in [0.15, 0.2) is 12.1 Å². The number of carbonyl (C=O) groups is 1. The van der Waals surface area contributed by atoms with Crippen molar-refractivity contribution in [3.63, 3.8) is 0 Å². The standard InChI is InChI=1S/C15H21ClN4O2/c16-12-4-5-13(19-18-12)17-10-14(21)20-8-9-22-15(11-20)6-2-1-3-7-15/h4-5H,1-3,6-11H2,(H,17,19). The number of carbonyl (C=O) groups excluding carboxylic acids is 1. The molecule has 2 heterocycles. The van der Waals surface area contributed by atoms with Crippen LogP contribution in [0.5, 0.6) is 0 Å². The van der Waals surface area contributed by atoms with Gasteiger partial charge in [0.25, 0.3) is 0 Å². The number of hydrogen-bond donors (Lipinski definition) is 1. The van der Waals surface area contributed by atoms with Crippen LogP contribution in [-0.4, -0.2) is 52.8 Å². The molecule has 0 unspecified atom stereocenters. The average Bonchev–Trinajstić information content (AvgIpc) is 2.55. The van der Waals surface area contributed by atoms with Crippen LogP contribution in [0.2, 0.25) is 5.15 Å². The molecule has 0 bridgehead atoms. The minimum absolute atomic E-state index is 0.0741. The zero-order valence-corrected chi connectivity index (χ0v) is 13.3. The second-order valence-electron chi connectivity index (χ2n) is 6.00. The van der Waals surface area contributed by atoms with E-state index >= 15 is 0 Å². The zero-order valence-electron chi connectivity index (χ0n) is 12.6. The molecule has 0 radical (unpaired) electrons.